The van der Waals surface area contributed by atoms with Crippen LogP contribution < -0.4 is 21.3 Å². The first-order valence-corrected chi connectivity index (χ1v) is 8.59. The van der Waals surface area contributed by atoms with Gasteiger partial charge in [0.2, 0.25) is 0 Å². The molecule has 8 heteroatoms. The van der Waals surface area contributed by atoms with Crippen LogP contribution in [0.25, 0.3) is 0 Å². The molecule has 1 saturated heterocycles. The van der Waals surface area contributed by atoms with Crippen molar-refractivity contribution in [1.82, 2.24) is 20.9 Å². The summed E-state index contributed by atoms with van der Waals surface area (Å²) in [6.07, 6.45) is 2.09. The molecule has 1 heterocycles. The van der Waals surface area contributed by atoms with Gasteiger partial charge in [0.05, 0.1) is 0 Å². The molecule has 1 saturated carbocycles. The van der Waals surface area contributed by atoms with Crippen molar-refractivity contribution in [3.8, 4) is 0 Å². The van der Waals surface area contributed by atoms with Gasteiger partial charge in [0.15, 0.2) is 0 Å². The molecule has 1 aliphatic carbocycles. The Morgan fingerprint density at radius 3 is 2.68 bits per heavy atom. The van der Waals surface area contributed by atoms with E-state index in [-0.39, 0.29) is 24.3 Å². The molecule has 4 N–H and O–H groups in total. The molecule has 0 aromatic heterocycles. The lowest BCUT2D eigenvalue weighted by Gasteiger charge is -2.27. The summed E-state index contributed by atoms with van der Waals surface area (Å²) in [6, 6.07) is 7.11. The normalized spacial score (nSPS) is 17.3. The number of amides is 3. The fraction of sp³-hybridized carbons (Fsp3) is 0.529. The summed E-state index contributed by atoms with van der Waals surface area (Å²) in [5.74, 6) is -0.114. The largest absolute Gasteiger partial charge is 0.351 e. The number of halogens is 1. The highest BCUT2D eigenvalue weighted by atomic mass is 35.5. The van der Waals surface area contributed by atoms with Crippen molar-refractivity contribution in [3.05, 3.63) is 29.8 Å². The van der Waals surface area contributed by atoms with Gasteiger partial charge in [-0.1, -0.05) is 6.07 Å². The van der Waals surface area contributed by atoms with Gasteiger partial charge in [-0.25, -0.2) is 4.79 Å². The van der Waals surface area contributed by atoms with Crippen LogP contribution >= 0.6 is 12.4 Å². The molecule has 1 aliphatic heterocycles. The predicted octanol–water partition coefficient (Wildman–Crippen LogP) is 1.03. The summed E-state index contributed by atoms with van der Waals surface area (Å²) >= 11 is 0. The standard InChI is InChI=1S/C17H25N5O2.ClH/c23-16(19-8-11-22-9-6-18-7-10-22)13-2-1-3-15(12-13)21-17(24)20-14-4-5-14;/h1-3,12,14,18H,4-11H2,(H,19,23)(H2,20,21,24);1H. The fourth-order valence-corrected chi connectivity index (χ4v) is 2.68. The first-order chi connectivity index (χ1) is 11.7. The minimum Gasteiger partial charge on any atom is -0.351 e. The Morgan fingerprint density at radius 1 is 1.20 bits per heavy atom. The van der Waals surface area contributed by atoms with Gasteiger partial charge in [0.1, 0.15) is 0 Å². The monoisotopic (exact) mass is 367 g/mol. The average Bonchev–Trinajstić information content (AvgIpc) is 3.40. The molecule has 25 heavy (non-hydrogen) atoms. The number of benzene rings is 1. The highest BCUT2D eigenvalue weighted by Gasteiger charge is 2.23. The second kappa shape index (κ2) is 9.60. The molecule has 0 unspecified atom stereocenters. The van der Waals surface area contributed by atoms with Gasteiger partial charge in [-0.15, -0.1) is 12.4 Å². The number of carbonyl (C=O) groups is 2. The maximum Gasteiger partial charge on any atom is 0.319 e. The summed E-state index contributed by atoms with van der Waals surface area (Å²) in [4.78, 5) is 26.3. The third-order valence-corrected chi connectivity index (χ3v) is 4.22. The Kier molecular flexibility index (Phi) is 7.49. The Morgan fingerprint density at radius 2 is 1.96 bits per heavy atom. The minimum absolute atomic E-state index is 0. The number of nitrogens with zero attached hydrogens (tertiary/aromatic N) is 1. The molecule has 1 aromatic carbocycles. The van der Waals surface area contributed by atoms with E-state index in [1.54, 1.807) is 24.3 Å². The zero-order chi connectivity index (χ0) is 16.8. The van der Waals surface area contributed by atoms with Crippen molar-refractivity contribution >= 4 is 30.0 Å². The van der Waals surface area contributed by atoms with Crippen molar-refractivity contribution in [3.63, 3.8) is 0 Å². The van der Waals surface area contributed by atoms with Crippen LogP contribution in [0.2, 0.25) is 0 Å². The summed E-state index contributed by atoms with van der Waals surface area (Å²) in [6.45, 7) is 5.53. The van der Waals surface area contributed by atoms with Crippen LogP contribution in [0, 0.1) is 0 Å². The van der Waals surface area contributed by atoms with Gasteiger partial charge in [-0.3, -0.25) is 9.69 Å². The number of rotatable bonds is 6. The molecular weight excluding hydrogens is 342 g/mol. The van der Waals surface area contributed by atoms with Crippen molar-refractivity contribution in [2.24, 2.45) is 0 Å². The van der Waals surface area contributed by atoms with Crippen molar-refractivity contribution in [1.29, 1.82) is 0 Å². The number of carbonyl (C=O) groups excluding carboxylic acids is 2. The van der Waals surface area contributed by atoms with Crippen LogP contribution in [0.4, 0.5) is 10.5 Å². The Hall–Kier alpha value is -1.83. The van der Waals surface area contributed by atoms with Crippen LogP contribution in [0.1, 0.15) is 23.2 Å². The van der Waals surface area contributed by atoms with Gasteiger partial charge < -0.3 is 21.3 Å². The maximum absolute atomic E-state index is 12.2. The second-order valence-corrected chi connectivity index (χ2v) is 6.30. The van der Waals surface area contributed by atoms with E-state index in [9.17, 15) is 9.59 Å². The number of hydrogen-bond donors (Lipinski definition) is 4. The molecule has 3 rings (SSSR count). The van der Waals surface area contributed by atoms with E-state index in [0.717, 1.165) is 45.6 Å². The van der Waals surface area contributed by atoms with E-state index in [1.807, 2.05) is 0 Å². The van der Waals surface area contributed by atoms with Crippen LogP contribution in [-0.4, -0.2) is 62.1 Å². The quantitative estimate of drug-likeness (QED) is 0.605. The lowest BCUT2D eigenvalue weighted by Crippen LogP contribution is -2.46. The molecule has 3 amide bonds. The van der Waals surface area contributed by atoms with E-state index in [0.29, 0.717) is 23.8 Å². The van der Waals surface area contributed by atoms with E-state index >= 15 is 0 Å². The Labute approximate surface area is 154 Å². The van der Waals surface area contributed by atoms with Crippen LogP contribution in [0.15, 0.2) is 24.3 Å². The zero-order valence-corrected chi connectivity index (χ0v) is 15.0. The molecule has 0 radical (unpaired) electrons. The van der Waals surface area contributed by atoms with Crippen molar-refractivity contribution in [2.45, 2.75) is 18.9 Å². The maximum atomic E-state index is 12.2. The molecule has 2 fully saturated rings. The lowest BCUT2D eigenvalue weighted by atomic mass is 10.2. The van der Waals surface area contributed by atoms with E-state index in [4.69, 9.17) is 0 Å². The molecule has 7 nitrogen and oxygen atoms in total. The average molecular weight is 368 g/mol. The van der Waals surface area contributed by atoms with Crippen LogP contribution in [0.3, 0.4) is 0 Å². The third kappa shape index (κ3) is 6.53. The van der Waals surface area contributed by atoms with Gasteiger partial charge in [0.25, 0.3) is 5.91 Å². The number of urea groups is 1. The van der Waals surface area contributed by atoms with Gasteiger partial charge in [-0.2, -0.15) is 0 Å². The molecular formula is C17H26ClN5O2. The van der Waals surface area contributed by atoms with E-state index in [2.05, 4.69) is 26.2 Å². The van der Waals surface area contributed by atoms with Gasteiger partial charge in [0, 0.05) is 56.6 Å². The smallest absolute Gasteiger partial charge is 0.319 e. The number of anilines is 1. The van der Waals surface area contributed by atoms with Crippen molar-refractivity contribution < 1.29 is 9.59 Å². The van der Waals surface area contributed by atoms with Crippen LogP contribution in [0.5, 0.6) is 0 Å². The first-order valence-electron chi connectivity index (χ1n) is 8.59. The number of hydrogen-bond acceptors (Lipinski definition) is 4. The highest BCUT2D eigenvalue weighted by Crippen LogP contribution is 2.19. The van der Waals surface area contributed by atoms with Gasteiger partial charge in [-0.05, 0) is 31.0 Å². The van der Waals surface area contributed by atoms with Gasteiger partial charge >= 0.3 is 6.03 Å². The third-order valence-electron chi connectivity index (χ3n) is 4.22. The Balaban J connectivity index is 0.00000225. The van der Waals surface area contributed by atoms with E-state index in [1.165, 1.54) is 0 Å². The second-order valence-electron chi connectivity index (χ2n) is 6.30. The molecule has 1 aromatic rings. The zero-order valence-electron chi connectivity index (χ0n) is 14.2. The summed E-state index contributed by atoms with van der Waals surface area (Å²) in [5, 5.41) is 11.9. The summed E-state index contributed by atoms with van der Waals surface area (Å²) in [5.41, 5.74) is 1.18. The molecule has 0 spiro atoms. The molecule has 138 valence electrons. The fourth-order valence-electron chi connectivity index (χ4n) is 2.68. The molecule has 0 atom stereocenters. The number of piperazine rings is 1. The topological polar surface area (TPSA) is 85.5 Å². The first kappa shape index (κ1) is 19.5. The minimum atomic E-state index is -0.214. The predicted molar refractivity (Wildman–Crippen MR) is 101 cm³/mol. The number of nitrogens with one attached hydrogen (secondary N) is 4. The summed E-state index contributed by atoms with van der Waals surface area (Å²) < 4.78 is 0. The molecule has 2 aliphatic rings. The highest BCUT2D eigenvalue weighted by molar-refractivity contribution is 5.96. The lowest BCUT2D eigenvalue weighted by molar-refractivity contribution is 0.0947. The van der Waals surface area contributed by atoms with Crippen LogP contribution in [-0.2, 0) is 0 Å². The van der Waals surface area contributed by atoms with E-state index < -0.39 is 0 Å². The SMILES string of the molecule is Cl.O=C(Nc1cccc(C(=O)NCCN2CCNCC2)c1)NC1CC1. The summed E-state index contributed by atoms with van der Waals surface area (Å²) in [7, 11) is 0. The molecule has 0 bridgehead atoms. The van der Waals surface area contributed by atoms with Crippen molar-refractivity contribution in [2.75, 3.05) is 44.6 Å². The Bertz CT molecular complexity index is 588.